The zero-order chi connectivity index (χ0) is 14.0. The molecule has 0 aliphatic carbocycles. The minimum atomic E-state index is -3.69. The summed E-state index contributed by atoms with van der Waals surface area (Å²) < 4.78 is 26.9. The summed E-state index contributed by atoms with van der Waals surface area (Å²) in [7, 11) is -3.69. The lowest BCUT2D eigenvalue weighted by Gasteiger charge is -2.09. The molecule has 19 heavy (non-hydrogen) atoms. The van der Waals surface area contributed by atoms with Gasteiger partial charge in [0, 0.05) is 15.7 Å². The highest BCUT2D eigenvalue weighted by Crippen LogP contribution is 2.24. The summed E-state index contributed by atoms with van der Waals surface area (Å²) >= 11 is 11.6. The van der Waals surface area contributed by atoms with Crippen LogP contribution in [0.3, 0.4) is 0 Å². The number of anilines is 1. The Morgan fingerprint density at radius 2 is 1.63 bits per heavy atom. The fraction of sp³-hybridized carbons (Fsp3) is 0.0769. The summed E-state index contributed by atoms with van der Waals surface area (Å²) in [5.41, 5.74) is 1.46. The van der Waals surface area contributed by atoms with Crippen molar-refractivity contribution in [3.8, 4) is 0 Å². The van der Waals surface area contributed by atoms with Crippen LogP contribution in [0.25, 0.3) is 0 Å². The van der Waals surface area contributed by atoms with E-state index in [0.29, 0.717) is 5.69 Å². The molecule has 0 fully saturated rings. The molecule has 0 heterocycles. The highest BCUT2D eigenvalue weighted by molar-refractivity contribution is 7.92. The van der Waals surface area contributed by atoms with Crippen LogP contribution in [0.4, 0.5) is 5.69 Å². The Morgan fingerprint density at radius 1 is 1.00 bits per heavy atom. The van der Waals surface area contributed by atoms with Gasteiger partial charge in [0.2, 0.25) is 0 Å². The average molecular weight is 316 g/mol. The average Bonchev–Trinajstić information content (AvgIpc) is 2.26. The normalized spacial score (nSPS) is 11.3. The largest absolute Gasteiger partial charge is 0.280 e. The molecule has 1 N–H and O–H groups in total. The van der Waals surface area contributed by atoms with Crippen LogP contribution >= 0.6 is 23.2 Å². The Labute approximate surface area is 122 Å². The first-order valence-corrected chi connectivity index (χ1v) is 7.66. The van der Waals surface area contributed by atoms with Gasteiger partial charge < -0.3 is 0 Å². The van der Waals surface area contributed by atoms with Crippen LogP contribution in [0.5, 0.6) is 0 Å². The van der Waals surface area contributed by atoms with Gasteiger partial charge in [-0.2, -0.15) is 0 Å². The van der Waals surface area contributed by atoms with E-state index in [4.69, 9.17) is 23.2 Å². The van der Waals surface area contributed by atoms with E-state index in [9.17, 15) is 8.42 Å². The highest BCUT2D eigenvalue weighted by atomic mass is 35.5. The molecule has 0 spiro atoms. The standard InChI is InChI=1S/C13H11Cl2NO2S/c1-9-3-2-4-12(5-9)16-19(17,18)13-7-10(14)6-11(15)8-13/h2-8,16H,1H3. The summed E-state index contributed by atoms with van der Waals surface area (Å²) in [4.78, 5) is 0.0338. The first-order valence-electron chi connectivity index (χ1n) is 5.42. The fourth-order valence-electron chi connectivity index (χ4n) is 1.61. The lowest BCUT2D eigenvalue weighted by Crippen LogP contribution is -2.13. The lowest BCUT2D eigenvalue weighted by molar-refractivity contribution is 0.601. The maximum absolute atomic E-state index is 12.2. The second-order valence-electron chi connectivity index (χ2n) is 4.08. The van der Waals surface area contributed by atoms with Crippen molar-refractivity contribution in [2.45, 2.75) is 11.8 Å². The molecule has 0 amide bonds. The van der Waals surface area contributed by atoms with Gasteiger partial charge in [-0.1, -0.05) is 35.3 Å². The summed E-state index contributed by atoms with van der Waals surface area (Å²) in [6, 6.07) is 11.3. The molecule has 2 rings (SSSR count). The van der Waals surface area contributed by atoms with Crippen LogP contribution in [0, 0.1) is 6.92 Å². The van der Waals surface area contributed by atoms with Gasteiger partial charge in [-0.25, -0.2) is 8.42 Å². The zero-order valence-corrected chi connectivity index (χ0v) is 12.4. The third kappa shape index (κ3) is 3.62. The van der Waals surface area contributed by atoms with Crippen molar-refractivity contribution >= 4 is 38.9 Å². The Balaban J connectivity index is 2.37. The minimum absolute atomic E-state index is 0.0338. The molecule has 100 valence electrons. The van der Waals surface area contributed by atoms with E-state index in [1.165, 1.54) is 18.2 Å². The number of hydrogen-bond donors (Lipinski definition) is 1. The number of nitrogens with one attached hydrogen (secondary N) is 1. The number of benzene rings is 2. The smallest absolute Gasteiger partial charge is 0.261 e. The van der Waals surface area contributed by atoms with Gasteiger partial charge in [0.05, 0.1) is 4.90 Å². The van der Waals surface area contributed by atoms with Crippen molar-refractivity contribution in [2.24, 2.45) is 0 Å². The van der Waals surface area contributed by atoms with E-state index >= 15 is 0 Å². The van der Waals surface area contributed by atoms with Crippen LogP contribution in [0.15, 0.2) is 47.4 Å². The molecule has 0 aliphatic rings. The summed E-state index contributed by atoms with van der Waals surface area (Å²) in [5, 5.41) is 0.550. The molecular weight excluding hydrogens is 305 g/mol. The van der Waals surface area contributed by atoms with E-state index < -0.39 is 10.0 Å². The van der Waals surface area contributed by atoms with Crippen molar-refractivity contribution in [3.63, 3.8) is 0 Å². The number of aryl methyl sites for hydroxylation is 1. The molecule has 0 saturated heterocycles. The van der Waals surface area contributed by atoms with E-state index in [1.54, 1.807) is 18.2 Å². The Bertz CT molecular complexity index is 694. The molecule has 0 radical (unpaired) electrons. The van der Waals surface area contributed by atoms with Crippen molar-refractivity contribution in [2.75, 3.05) is 4.72 Å². The molecule has 0 atom stereocenters. The van der Waals surface area contributed by atoms with Crippen molar-refractivity contribution in [3.05, 3.63) is 58.1 Å². The van der Waals surface area contributed by atoms with Crippen molar-refractivity contribution in [1.29, 1.82) is 0 Å². The second-order valence-corrected chi connectivity index (χ2v) is 6.64. The van der Waals surface area contributed by atoms with Crippen LogP contribution in [-0.2, 0) is 10.0 Å². The molecule has 0 aliphatic heterocycles. The maximum Gasteiger partial charge on any atom is 0.261 e. The van der Waals surface area contributed by atoms with Gasteiger partial charge in [0.15, 0.2) is 0 Å². The van der Waals surface area contributed by atoms with E-state index in [-0.39, 0.29) is 14.9 Å². The molecule has 0 bridgehead atoms. The monoisotopic (exact) mass is 315 g/mol. The van der Waals surface area contributed by atoms with E-state index in [2.05, 4.69) is 4.72 Å². The van der Waals surface area contributed by atoms with Crippen LogP contribution in [-0.4, -0.2) is 8.42 Å². The Morgan fingerprint density at radius 3 is 2.21 bits per heavy atom. The molecule has 2 aromatic carbocycles. The second kappa shape index (κ2) is 5.41. The Hall–Kier alpha value is -1.23. The van der Waals surface area contributed by atoms with Gasteiger partial charge in [-0.3, -0.25) is 4.72 Å². The number of rotatable bonds is 3. The number of halogens is 2. The lowest BCUT2D eigenvalue weighted by atomic mass is 10.2. The summed E-state index contributed by atoms with van der Waals surface area (Å²) in [6.45, 7) is 1.88. The third-order valence-electron chi connectivity index (χ3n) is 2.42. The molecule has 0 saturated carbocycles. The van der Waals surface area contributed by atoms with Gasteiger partial charge in [-0.05, 0) is 42.8 Å². The van der Waals surface area contributed by atoms with Gasteiger partial charge >= 0.3 is 0 Å². The maximum atomic E-state index is 12.2. The molecule has 2 aromatic rings. The summed E-state index contributed by atoms with van der Waals surface area (Å²) in [6.07, 6.45) is 0. The predicted molar refractivity (Wildman–Crippen MR) is 78.4 cm³/mol. The van der Waals surface area contributed by atoms with Crippen LogP contribution < -0.4 is 4.72 Å². The topological polar surface area (TPSA) is 46.2 Å². The molecule has 6 heteroatoms. The fourth-order valence-corrected chi connectivity index (χ4v) is 3.38. The molecule has 0 unspecified atom stereocenters. The van der Waals surface area contributed by atoms with Gasteiger partial charge in [0.25, 0.3) is 10.0 Å². The third-order valence-corrected chi connectivity index (χ3v) is 4.21. The predicted octanol–water partition coefficient (Wildman–Crippen LogP) is 4.10. The van der Waals surface area contributed by atoms with Crippen molar-refractivity contribution in [1.82, 2.24) is 0 Å². The first kappa shape index (κ1) is 14.2. The highest BCUT2D eigenvalue weighted by Gasteiger charge is 2.15. The number of sulfonamides is 1. The molecule has 3 nitrogen and oxygen atoms in total. The minimum Gasteiger partial charge on any atom is -0.280 e. The molecular formula is C13H11Cl2NO2S. The van der Waals surface area contributed by atoms with E-state index in [1.807, 2.05) is 13.0 Å². The van der Waals surface area contributed by atoms with Gasteiger partial charge in [0.1, 0.15) is 0 Å². The Kier molecular flexibility index (Phi) is 4.04. The van der Waals surface area contributed by atoms with Crippen molar-refractivity contribution < 1.29 is 8.42 Å². The quantitative estimate of drug-likeness (QED) is 0.926. The van der Waals surface area contributed by atoms with Gasteiger partial charge in [-0.15, -0.1) is 0 Å². The van der Waals surface area contributed by atoms with E-state index in [0.717, 1.165) is 5.56 Å². The number of hydrogen-bond acceptors (Lipinski definition) is 2. The first-order chi connectivity index (χ1) is 8.87. The summed E-state index contributed by atoms with van der Waals surface area (Å²) in [5.74, 6) is 0. The molecule has 0 aromatic heterocycles. The zero-order valence-electron chi connectivity index (χ0n) is 10.0. The van der Waals surface area contributed by atoms with Crippen LogP contribution in [0.1, 0.15) is 5.56 Å². The SMILES string of the molecule is Cc1cccc(NS(=O)(=O)c2cc(Cl)cc(Cl)c2)c1. The van der Waals surface area contributed by atoms with Crippen LogP contribution in [0.2, 0.25) is 10.0 Å².